The molecular weight excluding hydrogens is 282 g/mol. The van der Waals surface area contributed by atoms with Crippen LogP contribution in [0, 0.1) is 13.8 Å². The molecule has 1 aromatic rings. The number of rotatable bonds is 8. The van der Waals surface area contributed by atoms with Crippen LogP contribution >= 0.6 is 11.6 Å². The van der Waals surface area contributed by atoms with Gasteiger partial charge in [0.2, 0.25) is 0 Å². The largest absolute Gasteiger partial charge is 0.493 e. The Morgan fingerprint density at radius 3 is 2.43 bits per heavy atom. The Labute approximate surface area is 135 Å². The maximum atomic E-state index is 6.47. The Morgan fingerprint density at radius 1 is 1.24 bits per heavy atom. The van der Waals surface area contributed by atoms with Crippen LogP contribution in [0.1, 0.15) is 69.1 Å². The fourth-order valence-corrected chi connectivity index (χ4v) is 2.95. The number of hydrogen-bond acceptors (Lipinski definition) is 2. The van der Waals surface area contributed by atoms with Crippen LogP contribution in [0.2, 0.25) is 5.02 Å². The molecule has 0 heterocycles. The zero-order chi connectivity index (χ0) is 16.0. The molecule has 21 heavy (non-hydrogen) atoms. The quantitative estimate of drug-likeness (QED) is 0.700. The van der Waals surface area contributed by atoms with Crippen molar-refractivity contribution in [1.29, 1.82) is 0 Å². The molecule has 2 N–H and O–H groups in total. The van der Waals surface area contributed by atoms with Gasteiger partial charge in [-0.25, -0.2) is 0 Å². The molecule has 2 atom stereocenters. The molecule has 1 aromatic carbocycles. The molecule has 0 fully saturated rings. The molecule has 0 aliphatic rings. The molecule has 3 heteroatoms. The first-order valence-electron chi connectivity index (χ1n) is 8.10. The van der Waals surface area contributed by atoms with Gasteiger partial charge in [-0.2, -0.15) is 0 Å². The van der Waals surface area contributed by atoms with E-state index >= 15 is 0 Å². The van der Waals surface area contributed by atoms with Crippen LogP contribution in [-0.4, -0.2) is 12.6 Å². The van der Waals surface area contributed by atoms with Crippen molar-refractivity contribution in [3.05, 3.63) is 27.8 Å². The maximum absolute atomic E-state index is 6.47. The summed E-state index contributed by atoms with van der Waals surface area (Å²) in [5.41, 5.74) is 9.46. The molecule has 2 unspecified atom stereocenters. The molecular formula is C18H30ClNO. The van der Waals surface area contributed by atoms with E-state index in [2.05, 4.69) is 33.8 Å². The SMILES string of the molecule is CCCOc1cc(C)c(Cl)c(C)c1C(CC)CCC(C)N. The minimum atomic E-state index is 0.236. The highest BCUT2D eigenvalue weighted by atomic mass is 35.5. The van der Waals surface area contributed by atoms with Gasteiger partial charge in [0.1, 0.15) is 5.75 Å². The third-order valence-corrected chi connectivity index (χ3v) is 4.61. The molecule has 0 aromatic heterocycles. The summed E-state index contributed by atoms with van der Waals surface area (Å²) < 4.78 is 6.00. The fourth-order valence-electron chi connectivity index (χ4n) is 2.79. The summed E-state index contributed by atoms with van der Waals surface area (Å²) in [7, 11) is 0. The minimum absolute atomic E-state index is 0.236. The van der Waals surface area contributed by atoms with Gasteiger partial charge in [-0.05, 0) is 69.6 Å². The first-order chi connectivity index (χ1) is 9.92. The van der Waals surface area contributed by atoms with Crippen molar-refractivity contribution in [1.82, 2.24) is 0 Å². The molecule has 0 bridgehead atoms. The number of ether oxygens (including phenoxy) is 1. The van der Waals surface area contributed by atoms with Crippen molar-refractivity contribution in [3.8, 4) is 5.75 Å². The van der Waals surface area contributed by atoms with Gasteiger partial charge in [0.25, 0.3) is 0 Å². The maximum Gasteiger partial charge on any atom is 0.123 e. The van der Waals surface area contributed by atoms with Gasteiger partial charge in [0, 0.05) is 16.6 Å². The van der Waals surface area contributed by atoms with E-state index in [9.17, 15) is 0 Å². The predicted octanol–water partition coefficient (Wildman–Crippen LogP) is 5.37. The van der Waals surface area contributed by atoms with Crippen LogP contribution in [0.15, 0.2) is 6.07 Å². The van der Waals surface area contributed by atoms with Gasteiger partial charge in [0.15, 0.2) is 0 Å². The van der Waals surface area contributed by atoms with Gasteiger partial charge in [0.05, 0.1) is 6.61 Å². The van der Waals surface area contributed by atoms with Crippen molar-refractivity contribution in [3.63, 3.8) is 0 Å². The molecule has 120 valence electrons. The third-order valence-electron chi connectivity index (χ3n) is 4.03. The Morgan fingerprint density at radius 2 is 1.90 bits per heavy atom. The lowest BCUT2D eigenvalue weighted by Gasteiger charge is -2.24. The van der Waals surface area contributed by atoms with Gasteiger partial charge in [-0.3, -0.25) is 0 Å². The van der Waals surface area contributed by atoms with E-state index in [-0.39, 0.29) is 6.04 Å². The average Bonchev–Trinajstić information content (AvgIpc) is 2.45. The number of aryl methyl sites for hydroxylation is 1. The lowest BCUT2D eigenvalue weighted by molar-refractivity contribution is 0.310. The van der Waals surface area contributed by atoms with E-state index in [1.165, 1.54) is 11.1 Å². The number of benzene rings is 1. The molecule has 0 saturated carbocycles. The summed E-state index contributed by atoms with van der Waals surface area (Å²) in [6.45, 7) is 11.3. The van der Waals surface area contributed by atoms with Crippen LogP contribution in [0.25, 0.3) is 0 Å². The van der Waals surface area contributed by atoms with Crippen LogP contribution in [0.4, 0.5) is 0 Å². The Balaban J connectivity index is 3.18. The fraction of sp³-hybridized carbons (Fsp3) is 0.667. The molecule has 0 aliphatic carbocycles. The lowest BCUT2D eigenvalue weighted by Crippen LogP contribution is -2.16. The summed E-state index contributed by atoms with van der Waals surface area (Å²) in [6.07, 6.45) is 4.19. The first-order valence-corrected chi connectivity index (χ1v) is 8.48. The second kappa shape index (κ2) is 8.65. The van der Waals surface area contributed by atoms with Crippen molar-refractivity contribution >= 4 is 11.6 Å². The summed E-state index contributed by atoms with van der Waals surface area (Å²) in [5.74, 6) is 1.47. The second-order valence-corrected chi connectivity index (χ2v) is 6.43. The van der Waals surface area contributed by atoms with Gasteiger partial charge < -0.3 is 10.5 Å². The molecule has 0 amide bonds. The van der Waals surface area contributed by atoms with E-state index < -0.39 is 0 Å². The van der Waals surface area contributed by atoms with E-state index in [1.807, 2.05) is 6.92 Å². The van der Waals surface area contributed by atoms with Crippen molar-refractivity contribution < 1.29 is 4.74 Å². The Hall–Kier alpha value is -0.730. The molecule has 0 aliphatic heterocycles. The third kappa shape index (κ3) is 4.89. The summed E-state index contributed by atoms with van der Waals surface area (Å²) >= 11 is 6.47. The van der Waals surface area contributed by atoms with E-state index in [0.717, 1.165) is 48.6 Å². The van der Waals surface area contributed by atoms with Crippen LogP contribution in [-0.2, 0) is 0 Å². The van der Waals surface area contributed by atoms with Crippen LogP contribution < -0.4 is 10.5 Å². The van der Waals surface area contributed by atoms with Gasteiger partial charge in [-0.15, -0.1) is 0 Å². The average molecular weight is 312 g/mol. The van der Waals surface area contributed by atoms with Crippen molar-refractivity contribution in [2.45, 2.75) is 72.3 Å². The standard InChI is InChI=1S/C18H30ClNO/c1-6-10-21-16-11-12(3)18(19)14(5)17(16)15(7-2)9-8-13(4)20/h11,13,15H,6-10,20H2,1-5H3. The van der Waals surface area contributed by atoms with Crippen LogP contribution in [0.5, 0.6) is 5.75 Å². The molecule has 0 radical (unpaired) electrons. The van der Waals surface area contributed by atoms with Gasteiger partial charge >= 0.3 is 0 Å². The first kappa shape index (κ1) is 18.3. The number of nitrogens with two attached hydrogens (primary N) is 1. The zero-order valence-electron chi connectivity index (χ0n) is 14.1. The highest BCUT2D eigenvalue weighted by molar-refractivity contribution is 6.32. The predicted molar refractivity (Wildman–Crippen MR) is 92.6 cm³/mol. The normalized spacial score (nSPS) is 14.0. The Kier molecular flexibility index (Phi) is 7.55. The van der Waals surface area contributed by atoms with E-state index in [4.69, 9.17) is 22.1 Å². The minimum Gasteiger partial charge on any atom is -0.493 e. The van der Waals surface area contributed by atoms with E-state index in [1.54, 1.807) is 0 Å². The topological polar surface area (TPSA) is 35.2 Å². The monoisotopic (exact) mass is 311 g/mol. The van der Waals surface area contributed by atoms with Crippen molar-refractivity contribution in [2.24, 2.45) is 5.73 Å². The second-order valence-electron chi connectivity index (χ2n) is 6.05. The summed E-state index contributed by atoms with van der Waals surface area (Å²) in [6, 6.07) is 2.33. The van der Waals surface area contributed by atoms with Gasteiger partial charge in [-0.1, -0.05) is 25.4 Å². The van der Waals surface area contributed by atoms with E-state index in [0.29, 0.717) is 5.92 Å². The van der Waals surface area contributed by atoms with Crippen molar-refractivity contribution in [2.75, 3.05) is 6.61 Å². The molecule has 2 nitrogen and oxygen atoms in total. The Bertz CT molecular complexity index is 457. The molecule has 0 spiro atoms. The summed E-state index contributed by atoms with van der Waals surface area (Å²) in [4.78, 5) is 0. The number of hydrogen-bond donors (Lipinski definition) is 1. The van der Waals surface area contributed by atoms with Crippen LogP contribution in [0.3, 0.4) is 0 Å². The highest BCUT2D eigenvalue weighted by Gasteiger charge is 2.21. The highest BCUT2D eigenvalue weighted by Crippen LogP contribution is 2.40. The zero-order valence-corrected chi connectivity index (χ0v) is 14.9. The smallest absolute Gasteiger partial charge is 0.123 e. The lowest BCUT2D eigenvalue weighted by atomic mass is 9.86. The molecule has 0 saturated heterocycles. The molecule has 1 rings (SSSR count). The number of halogens is 1. The summed E-state index contributed by atoms with van der Waals surface area (Å²) in [5, 5.41) is 0.869.